The molecule has 5 heteroatoms. The number of aryl methyl sites for hydroxylation is 1. The van der Waals surface area contributed by atoms with Gasteiger partial charge >= 0.3 is 6.03 Å². The Bertz CT molecular complexity index is 738. The largest absolute Gasteiger partial charge is 0.376 e. The van der Waals surface area contributed by atoms with Crippen molar-refractivity contribution in [3.05, 3.63) is 51.7 Å². The molecule has 0 radical (unpaired) electrons. The monoisotopic (exact) mass is 370 g/mol. The lowest BCUT2D eigenvalue weighted by molar-refractivity contribution is 0.0821. The van der Waals surface area contributed by atoms with E-state index in [4.69, 9.17) is 4.74 Å². The van der Waals surface area contributed by atoms with Gasteiger partial charge < -0.3 is 15.0 Å². The molecule has 0 saturated carbocycles. The maximum atomic E-state index is 13.1. The molecule has 1 aromatic carbocycles. The molecule has 1 saturated heterocycles. The van der Waals surface area contributed by atoms with Crippen LogP contribution in [0.5, 0.6) is 0 Å². The van der Waals surface area contributed by atoms with Crippen LogP contribution in [-0.2, 0) is 24.1 Å². The summed E-state index contributed by atoms with van der Waals surface area (Å²) in [6, 6.07) is 10.4. The van der Waals surface area contributed by atoms with Crippen molar-refractivity contribution in [3.8, 4) is 0 Å². The van der Waals surface area contributed by atoms with Crippen molar-refractivity contribution in [2.24, 2.45) is 0 Å². The number of hydrogen-bond acceptors (Lipinski definition) is 3. The van der Waals surface area contributed by atoms with Gasteiger partial charge in [-0.15, -0.1) is 11.3 Å². The molecule has 2 aliphatic rings. The summed E-state index contributed by atoms with van der Waals surface area (Å²) in [4.78, 5) is 16.2. The van der Waals surface area contributed by atoms with E-state index in [9.17, 15) is 4.79 Å². The minimum absolute atomic E-state index is 0.0205. The van der Waals surface area contributed by atoms with E-state index < -0.39 is 0 Å². The Balaban J connectivity index is 1.50. The highest BCUT2D eigenvalue weighted by Gasteiger charge is 2.24. The lowest BCUT2D eigenvalue weighted by atomic mass is 9.90. The number of anilines is 1. The molecule has 0 bridgehead atoms. The van der Waals surface area contributed by atoms with E-state index in [1.54, 1.807) is 11.3 Å². The molecule has 2 heterocycles. The first-order valence-electron chi connectivity index (χ1n) is 9.60. The van der Waals surface area contributed by atoms with Crippen molar-refractivity contribution in [1.82, 2.24) is 4.90 Å². The van der Waals surface area contributed by atoms with Gasteiger partial charge in [-0.05, 0) is 67.2 Å². The normalized spacial score (nSPS) is 19.2. The number of hydrogen-bond donors (Lipinski definition) is 1. The van der Waals surface area contributed by atoms with Gasteiger partial charge in [0.2, 0.25) is 0 Å². The van der Waals surface area contributed by atoms with Crippen LogP contribution >= 0.6 is 11.3 Å². The molecule has 0 spiro atoms. The fraction of sp³-hybridized carbons (Fsp3) is 0.476. The van der Waals surface area contributed by atoms with Crippen molar-refractivity contribution < 1.29 is 9.53 Å². The van der Waals surface area contributed by atoms with E-state index in [0.29, 0.717) is 13.1 Å². The van der Waals surface area contributed by atoms with E-state index in [2.05, 4.69) is 28.9 Å². The van der Waals surface area contributed by atoms with Gasteiger partial charge in [0.05, 0.1) is 12.6 Å². The number of nitrogens with one attached hydrogen (secondary N) is 1. The van der Waals surface area contributed by atoms with E-state index >= 15 is 0 Å². The summed E-state index contributed by atoms with van der Waals surface area (Å²) in [5, 5.41) is 5.25. The van der Waals surface area contributed by atoms with E-state index in [0.717, 1.165) is 38.0 Å². The summed E-state index contributed by atoms with van der Waals surface area (Å²) >= 11 is 1.69. The Morgan fingerprint density at radius 2 is 2.12 bits per heavy atom. The third kappa shape index (κ3) is 4.10. The highest BCUT2D eigenvalue weighted by atomic mass is 32.1. The molecule has 26 heavy (non-hydrogen) atoms. The van der Waals surface area contributed by atoms with Crippen molar-refractivity contribution in [2.75, 3.05) is 18.5 Å². The zero-order valence-corrected chi connectivity index (χ0v) is 15.9. The first-order valence-corrected chi connectivity index (χ1v) is 10.5. The minimum atomic E-state index is -0.0205. The van der Waals surface area contributed by atoms with Gasteiger partial charge in [0.15, 0.2) is 0 Å². The zero-order chi connectivity index (χ0) is 17.8. The molecule has 1 aliphatic heterocycles. The Morgan fingerprint density at radius 3 is 2.92 bits per heavy atom. The van der Waals surface area contributed by atoms with Gasteiger partial charge in [-0.3, -0.25) is 0 Å². The lowest BCUT2D eigenvalue weighted by Gasteiger charge is -2.27. The predicted octanol–water partition coefficient (Wildman–Crippen LogP) is 4.84. The summed E-state index contributed by atoms with van der Waals surface area (Å²) < 4.78 is 5.78. The summed E-state index contributed by atoms with van der Waals surface area (Å²) in [7, 11) is 0. The average Bonchev–Trinajstić information content (AvgIpc) is 3.35. The number of ether oxygens (including phenoxy) is 1. The summed E-state index contributed by atoms with van der Waals surface area (Å²) in [5.41, 5.74) is 3.69. The SMILES string of the molecule is O=C(Nc1cccc2c1CCCC2)N(Cc1cccs1)C[C@@H]1CCCO1. The smallest absolute Gasteiger partial charge is 0.322 e. The van der Waals surface area contributed by atoms with Crippen molar-refractivity contribution >= 4 is 23.1 Å². The molecule has 1 N–H and O–H groups in total. The van der Waals surface area contributed by atoms with Crippen LogP contribution in [0.4, 0.5) is 10.5 Å². The van der Waals surface area contributed by atoms with Crippen molar-refractivity contribution in [1.29, 1.82) is 0 Å². The van der Waals surface area contributed by atoms with Gasteiger partial charge in [-0.2, -0.15) is 0 Å². The minimum Gasteiger partial charge on any atom is -0.376 e. The number of carbonyl (C=O) groups is 1. The summed E-state index contributed by atoms with van der Waals surface area (Å²) in [6.07, 6.45) is 6.91. The van der Waals surface area contributed by atoms with E-state index in [1.165, 1.54) is 28.8 Å². The molecule has 0 unspecified atom stereocenters. The summed E-state index contributed by atoms with van der Waals surface area (Å²) in [5.74, 6) is 0. The second-order valence-corrected chi connectivity index (χ2v) is 8.21. The van der Waals surface area contributed by atoms with Crippen LogP contribution in [0.25, 0.3) is 0 Å². The lowest BCUT2D eigenvalue weighted by Crippen LogP contribution is -2.39. The first-order chi connectivity index (χ1) is 12.8. The van der Waals surface area contributed by atoms with E-state index in [1.807, 2.05) is 17.0 Å². The van der Waals surface area contributed by atoms with Crippen LogP contribution in [-0.4, -0.2) is 30.2 Å². The molecule has 1 fully saturated rings. The molecule has 2 aromatic rings. The third-order valence-corrected chi connectivity index (χ3v) is 6.16. The molecule has 2 amide bonds. The molecule has 1 aliphatic carbocycles. The van der Waals surface area contributed by atoms with Crippen LogP contribution in [0.2, 0.25) is 0 Å². The van der Waals surface area contributed by atoms with E-state index in [-0.39, 0.29) is 12.1 Å². The van der Waals surface area contributed by atoms with Gasteiger partial charge in [0.1, 0.15) is 0 Å². The van der Waals surface area contributed by atoms with Crippen molar-refractivity contribution in [2.45, 2.75) is 51.2 Å². The van der Waals surface area contributed by atoms with Gasteiger partial charge in [0.25, 0.3) is 0 Å². The Morgan fingerprint density at radius 1 is 1.19 bits per heavy atom. The molecule has 1 atom stereocenters. The quantitative estimate of drug-likeness (QED) is 0.818. The van der Waals surface area contributed by atoms with Crippen LogP contribution in [0.1, 0.15) is 41.7 Å². The van der Waals surface area contributed by atoms with Crippen LogP contribution in [0, 0.1) is 0 Å². The highest BCUT2D eigenvalue weighted by Crippen LogP contribution is 2.28. The number of urea groups is 1. The van der Waals surface area contributed by atoms with Crippen LogP contribution in [0.3, 0.4) is 0 Å². The zero-order valence-electron chi connectivity index (χ0n) is 15.1. The highest BCUT2D eigenvalue weighted by molar-refractivity contribution is 7.09. The van der Waals surface area contributed by atoms with Gasteiger partial charge in [0, 0.05) is 23.7 Å². The number of carbonyl (C=O) groups excluding carboxylic acids is 1. The Labute approximate surface area is 159 Å². The number of amides is 2. The van der Waals surface area contributed by atoms with Gasteiger partial charge in [-0.1, -0.05) is 18.2 Å². The fourth-order valence-electron chi connectivity index (χ4n) is 3.94. The standard InChI is InChI=1S/C21H26N2O2S/c24-21(22-20-11-3-7-16-6-1-2-10-19(16)20)23(14-17-8-4-12-25-17)15-18-9-5-13-26-18/h3,5,7,9,11,13,17H,1-2,4,6,8,10,12,14-15H2,(H,22,24)/t17-/m0/s1. The maximum Gasteiger partial charge on any atom is 0.322 e. The molecule has 4 rings (SSSR count). The predicted molar refractivity (Wildman–Crippen MR) is 106 cm³/mol. The second-order valence-electron chi connectivity index (χ2n) is 7.18. The van der Waals surface area contributed by atoms with Gasteiger partial charge in [-0.25, -0.2) is 4.79 Å². The topological polar surface area (TPSA) is 41.6 Å². The fourth-order valence-corrected chi connectivity index (χ4v) is 4.66. The van der Waals surface area contributed by atoms with Crippen molar-refractivity contribution in [3.63, 3.8) is 0 Å². The molecule has 4 nitrogen and oxygen atoms in total. The number of rotatable bonds is 5. The first kappa shape index (κ1) is 17.6. The number of thiophene rings is 1. The maximum absolute atomic E-state index is 13.1. The molecular formula is C21H26N2O2S. The third-order valence-electron chi connectivity index (χ3n) is 5.30. The second kappa shape index (κ2) is 8.23. The number of benzene rings is 1. The number of fused-ring (bicyclic) bond motifs is 1. The van der Waals surface area contributed by atoms with Crippen LogP contribution < -0.4 is 5.32 Å². The van der Waals surface area contributed by atoms with Crippen LogP contribution in [0.15, 0.2) is 35.7 Å². The Kier molecular flexibility index (Phi) is 5.56. The Hall–Kier alpha value is -1.85. The average molecular weight is 371 g/mol. The molecular weight excluding hydrogens is 344 g/mol. The summed E-state index contributed by atoms with van der Waals surface area (Å²) in [6.45, 7) is 2.10. The number of nitrogens with zero attached hydrogens (tertiary/aromatic N) is 1. The molecule has 138 valence electrons. The molecule has 1 aromatic heterocycles.